The predicted octanol–water partition coefficient (Wildman–Crippen LogP) is 1.32. The van der Waals surface area contributed by atoms with Crippen LogP contribution in [0.3, 0.4) is 0 Å². The molecule has 7 nitrogen and oxygen atoms in total. The molecule has 2 aromatic rings. The van der Waals surface area contributed by atoms with Crippen LogP contribution in [0, 0.1) is 0 Å². The molecule has 1 aromatic carbocycles. The highest BCUT2D eigenvalue weighted by Crippen LogP contribution is 2.32. The molecular formula is C15H16N4O3. The van der Waals surface area contributed by atoms with Crippen molar-refractivity contribution in [1.82, 2.24) is 15.3 Å². The van der Waals surface area contributed by atoms with E-state index in [-0.39, 0.29) is 12.7 Å². The van der Waals surface area contributed by atoms with Crippen molar-refractivity contribution >= 4 is 11.9 Å². The van der Waals surface area contributed by atoms with Gasteiger partial charge >= 0.3 is 0 Å². The summed E-state index contributed by atoms with van der Waals surface area (Å²) in [6.07, 6.45) is 3.65. The van der Waals surface area contributed by atoms with E-state index in [2.05, 4.69) is 20.6 Å². The Kier molecular flexibility index (Phi) is 4.33. The number of nitrogens with one attached hydrogen (secondary N) is 2. The van der Waals surface area contributed by atoms with E-state index in [0.717, 1.165) is 17.1 Å². The normalized spacial score (nSPS) is 12.0. The Balaban J connectivity index is 1.41. The van der Waals surface area contributed by atoms with Gasteiger partial charge in [0.15, 0.2) is 11.5 Å². The zero-order chi connectivity index (χ0) is 15.2. The van der Waals surface area contributed by atoms with Crippen LogP contribution in [0.5, 0.6) is 11.5 Å². The molecule has 114 valence electrons. The van der Waals surface area contributed by atoms with Crippen LogP contribution >= 0.6 is 0 Å². The summed E-state index contributed by atoms with van der Waals surface area (Å²) >= 11 is 0. The third kappa shape index (κ3) is 3.63. The minimum Gasteiger partial charge on any atom is -0.454 e. The van der Waals surface area contributed by atoms with Crippen molar-refractivity contribution in [2.45, 2.75) is 13.0 Å². The Morgan fingerprint density at radius 3 is 2.86 bits per heavy atom. The van der Waals surface area contributed by atoms with Crippen LogP contribution in [0.4, 0.5) is 5.95 Å². The second-order valence-electron chi connectivity index (χ2n) is 4.71. The topological polar surface area (TPSA) is 85.4 Å². The van der Waals surface area contributed by atoms with Gasteiger partial charge in [-0.25, -0.2) is 9.97 Å². The van der Waals surface area contributed by atoms with Gasteiger partial charge in [0.05, 0.1) is 0 Å². The van der Waals surface area contributed by atoms with Gasteiger partial charge in [0.2, 0.25) is 18.6 Å². The molecule has 0 saturated carbocycles. The minimum absolute atomic E-state index is 0.0407. The molecule has 1 amide bonds. The van der Waals surface area contributed by atoms with Gasteiger partial charge in [-0.05, 0) is 23.8 Å². The Hall–Kier alpha value is -2.83. The van der Waals surface area contributed by atoms with E-state index < -0.39 is 0 Å². The number of aromatic nitrogens is 2. The van der Waals surface area contributed by atoms with Crippen LogP contribution in [0.2, 0.25) is 0 Å². The van der Waals surface area contributed by atoms with Gasteiger partial charge in [-0.1, -0.05) is 6.07 Å². The molecule has 1 aliphatic rings. The summed E-state index contributed by atoms with van der Waals surface area (Å²) in [6, 6.07) is 7.36. The number of rotatable bonds is 6. The van der Waals surface area contributed by atoms with E-state index >= 15 is 0 Å². The molecule has 0 bridgehead atoms. The van der Waals surface area contributed by atoms with E-state index in [1.807, 2.05) is 18.2 Å². The molecule has 0 atom stereocenters. The Morgan fingerprint density at radius 2 is 2.00 bits per heavy atom. The highest BCUT2D eigenvalue weighted by molar-refractivity contribution is 5.76. The van der Waals surface area contributed by atoms with Crippen LogP contribution in [0.1, 0.15) is 12.0 Å². The number of nitrogens with zero attached hydrogens (tertiary/aromatic N) is 2. The standard InChI is InChI=1S/C15H16N4O3/c20-14(4-7-18-15-16-5-1-6-17-15)19-9-11-2-3-12-13(8-11)22-10-21-12/h1-3,5-6,8H,4,7,9-10H2,(H,19,20)(H,16,17,18). The van der Waals surface area contributed by atoms with Gasteiger partial charge in [-0.2, -0.15) is 0 Å². The van der Waals surface area contributed by atoms with Crippen LogP contribution in [-0.4, -0.2) is 29.2 Å². The number of fused-ring (bicyclic) bond motifs is 1. The highest BCUT2D eigenvalue weighted by Gasteiger charge is 2.13. The van der Waals surface area contributed by atoms with Crippen molar-refractivity contribution in [3.63, 3.8) is 0 Å². The summed E-state index contributed by atoms with van der Waals surface area (Å²) in [5.74, 6) is 1.93. The molecule has 0 radical (unpaired) electrons. The maximum absolute atomic E-state index is 11.8. The second-order valence-corrected chi connectivity index (χ2v) is 4.71. The number of anilines is 1. The summed E-state index contributed by atoms with van der Waals surface area (Å²) in [5.41, 5.74) is 0.969. The third-order valence-electron chi connectivity index (χ3n) is 3.13. The predicted molar refractivity (Wildman–Crippen MR) is 79.6 cm³/mol. The van der Waals surface area contributed by atoms with E-state index in [1.165, 1.54) is 0 Å². The molecule has 0 spiro atoms. The molecule has 0 aliphatic carbocycles. The molecule has 3 rings (SSSR count). The number of benzene rings is 1. The van der Waals surface area contributed by atoms with E-state index in [9.17, 15) is 4.79 Å². The van der Waals surface area contributed by atoms with Crippen molar-refractivity contribution in [1.29, 1.82) is 0 Å². The summed E-state index contributed by atoms with van der Waals surface area (Å²) in [7, 11) is 0. The summed E-state index contributed by atoms with van der Waals surface area (Å²) < 4.78 is 10.5. The molecule has 2 heterocycles. The van der Waals surface area contributed by atoms with Crippen molar-refractivity contribution in [2.75, 3.05) is 18.7 Å². The highest BCUT2D eigenvalue weighted by atomic mass is 16.7. The molecule has 2 N–H and O–H groups in total. The number of hydrogen-bond acceptors (Lipinski definition) is 6. The maximum atomic E-state index is 11.8. The average molecular weight is 300 g/mol. The van der Waals surface area contributed by atoms with Crippen LogP contribution in [0.25, 0.3) is 0 Å². The van der Waals surface area contributed by atoms with E-state index in [4.69, 9.17) is 9.47 Å². The molecule has 22 heavy (non-hydrogen) atoms. The molecule has 1 aliphatic heterocycles. The SMILES string of the molecule is O=C(CCNc1ncccn1)NCc1ccc2c(c1)OCO2. The number of carbonyl (C=O) groups is 1. The summed E-state index contributed by atoms with van der Waals surface area (Å²) in [4.78, 5) is 19.8. The number of hydrogen-bond donors (Lipinski definition) is 2. The first-order valence-electron chi connectivity index (χ1n) is 6.97. The van der Waals surface area contributed by atoms with Crippen molar-refractivity contribution in [3.05, 3.63) is 42.2 Å². The summed E-state index contributed by atoms with van der Waals surface area (Å²) in [5, 5.41) is 5.85. The Bertz CT molecular complexity index is 648. The first kappa shape index (κ1) is 14.1. The largest absolute Gasteiger partial charge is 0.454 e. The van der Waals surface area contributed by atoms with Crippen LogP contribution < -0.4 is 20.1 Å². The van der Waals surface area contributed by atoms with Gasteiger partial charge in [0.1, 0.15) is 0 Å². The second kappa shape index (κ2) is 6.75. The molecule has 7 heteroatoms. The molecule has 0 fully saturated rings. The van der Waals surface area contributed by atoms with Crippen LogP contribution in [-0.2, 0) is 11.3 Å². The summed E-state index contributed by atoms with van der Waals surface area (Å²) in [6.45, 7) is 1.19. The van der Waals surface area contributed by atoms with E-state index in [1.54, 1.807) is 18.5 Å². The maximum Gasteiger partial charge on any atom is 0.231 e. The zero-order valence-corrected chi connectivity index (χ0v) is 11.9. The van der Waals surface area contributed by atoms with Gasteiger partial charge in [0.25, 0.3) is 0 Å². The first-order valence-corrected chi connectivity index (χ1v) is 6.97. The van der Waals surface area contributed by atoms with Gasteiger partial charge in [-0.15, -0.1) is 0 Å². The monoisotopic (exact) mass is 300 g/mol. The fourth-order valence-electron chi connectivity index (χ4n) is 2.02. The molecular weight excluding hydrogens is 284 g/mol. The smallest absolute Gasteiger partial charge is 0.231 e. The third-order valence-corrected chi connectivity index (χ3v) is 3.13. The number of carbonyl (C=O) groups excluding carboxylic acids is 1. The quantitative estimate of drug-likeness (QED) is 0.837. The van der Waals surface area contributed by atoms with Gasteiger partial charge < -0.3 is 20.1 Å². The fraction of sp³-hybridized carbons (Fsp3) is 0.267. The lowest BCUT2D eigenvalue weighted by atomic mass is 10.2. The average Bonchev–Trinajstić information content (AvgIpc) is 3.01. The fourth-order valence-corrected chi connectivity index (χ4v) is 2.02. The lowest BCUT2D eigenvalue weighted by Gasteiger charge is -2.07. The molecule has 0 saturated heterocycles. The zero-order valence-electron chi connectivity index (χ0n) is 11.9. The Labute approximate surface area is 127 Å². The molecule has 0 unspecified atom stereocenters. The van der Waals surface area contributed by atoms with Gasteiger partial charge in [0, 0.05) is 31.9 Å². The van der Waals surface area contributed by atoms with Crippen molar-refractivity contribution in [2.24, 2.45) is 0 Å². The lowest BCUT2D eigenvalue weighted by molar-refractivity contribution is -0.121. The van der Waals surface area contributed by atoms with Crippen molar-refractivity contribution < 1.29 is 14.3 Å². The molecule has 1 aromatic heterocycles. The first-order chi connectivity index (χ1) is 10.8. The number of ether oxygens (including phenoxy) is 2. The lowest BCUT2D eigenvalue weighted by Crippen LogP contribution is -2.25. The number of amides is 1. The van der Waals surface area contributed by atoms with Crippen LogP contribution in [0.15, 0.2) is 36.7 Å². The minimum atomic E-state index is -0.0407. The van der Waals surface area contributed by atoms with Crippen molar-refractivity contribution in [3.8, 4) is 11.5 Å². The van der Waals surface area contributed by atoms with Gasteiger partial charge in [-0.3, -0.25) is 4.79 Å². The Morgan fingerprint density at radius 1 is 1.18 bits per heavy atom. The van der Waals surface area contributed by atoms with E-state index in [0.29, 0.717) is 25.5 Å².